The molecule has 0 aliphatic heterocycles. The summed E-state index contributed by atoms with van der Waals surface area (Å²) in [6.45, 7) is 7.46. The Labute approximate surface area is 257 Å². The van der Waals surface area contributed by atoms with Crippen LogP contribution < -0.4 is 9.47 Å². The van der Waals surface area contributed by atoms with E-state index in [9.17, 15) is 19.5 Å². The largest absolute Gasteiger partial charge is 0.494 e. The van der Waals surface area contributed by atoms with E-state index < -0.39 is 11.9 Å². The third kappa shape index (κ3) is 7.95. The van der Waals surface area contributed by atoms with E-state index in [4.69, 9.17) is 14.6 Å². The van der Waals surface area contributed by atoms with Gasteiger partial charge in [-0.25, -0.2) is 0 Å². The molecule has 0 radical (unpaired) electrons. The van der Waals surface area contributed by atoms with Gasteiger partial charge < -0.3 is 24.3 Å². The smallest absolute Gasteiger partial charge is 0.309 e. The zero-order chi connectivity index (χ0) is 31.8. The number of hydrogen-bond acceptors (Lipinski definition) is 5. The van der Waals surface area contributed by atoms with Gasteiger partial charge in [0.1, 0.15) is 11.5 Å². The minimum Gasteiger partial charge on any atom is -0.494 e. The predicted molar refractivity (Wildman–Crippen MR) is 172 cm³/mol. The summed E-state index contributed by atoms with van der Waals surface area (Å²) in [5.74, 6) is -0.778. The second-order valence-electron chi connectivity index (χ2n) is 11.0. The number of aryl methyl sites for hydroxylation is 4. The fourth-order valence-electron chi connectivity index (χ4n) is 5.56. The highest BCUT2D eigenvalue weighted by atomic mass is 16.5. The maximum Gasteiger partial charge on any atom is 0.309 e. The maximum absolute atomic E-state index is 13.0. The number of para-hydroxylation sites is 1. The number of nitrogens with zero attached hydrogens (tertiary/aromatic N) is 1. The van der Waals surface area contributed by atoms with Crippen molar-refractivity contribution < 1.29 is 34.1 Å². The number of rotatable bonds is 15. The minimum atomic E-state index is -1.08. The van der Waals surface area contributed by atoms with Gasteiger partial charge in [-0.1, -0.05) is 60.2 Å². The number of carboxylic acids is 2. The molecule has 0 saturated carbocycles. The molecule has 2 N–H and O–H groups in total. The molecule has 0 aliphatic carbocycles. The molecule has 8 nitrogen and oxygen atoms in total. The second-order valence-corrected chi connectivity index (χ2v) is 11.0. The number of aromatic nitrogens is 1. The number of carboxylic acid groups (broad SMARTS) is 2. The molecule has 0 aliphatic rings. The molecule has 230 valence electrons. The lowest BCUT2D eigenvalue weighted by Gasteiger charge is -2.13. The van der Waals surface area contributed by atoms with E-state index in [2.05, 4.69) is 32.9 Å². The number of ketones is 1. The van der Waals surface area contributed by atoms with Crippen molar-refractivity contribution >= 4 is 40.8 Å². The second kappa shape index (κ2) is 14.6. The van der Waals surface area contributed by atoms with Crippen molar-refractivity contribution in [1.29, 1.82) is 0 Å². The molecular weight excluding hydrogens is 558 g/mol. The van der Waals surface area contributed by atoms with Gasteiger partial charge in [0, 0.05) is 30.1 Å². The molecule has 44 heavy (non-hydrogen) atoms. The molecule has 0 saturated heterocycles. The Bertz CT molecular complexity index is 1670. The van der Waals surface area contributed by atoms with Crippen molar-refractivity contribution in [1.82, 2.24) is 4.57 Å². The fourth-order valence-corrected chi connectivity index (χ4v) is 5.56. The van der Waals surface area contributed by atoms with Crippen LogP contribution in [-0.4, -0.2) is 45.7 Å². The molecule has 0 unspecified atom stereocenters. The van der Waals surface area contributed by atoms with Crippen LogP contribution in [0.15, 0.2) is 54.6 Å². The molecule has 0 bridgehead atoms. The van der Waals surface area contributed by atoms with Crippen LogP contribution >= 0.6 is 0 Å². The number of hydrogen-bond donors (Lipinski definition) is 2. The summed E-state index contributed by atoms with van der Waals surface area (Å²) in [6, 6.07) is 17.5. The summed E-state index contributed by atoms with van der Waals surface area (Å²) in [6.07, 6.45) is 4.77. The quantitative estimate of drug-likeness (QED) is 0.0847. The number of benzene rings is 3. The predicted octanol–water partition coefficient (Wildman–Crippen LogP) is 7.19. The zero-order valence-electron chi connectivity index (χ0n) is 25.7. The lowest BCUT2D eigenvalue weighted by atomic mass is 10.00. The van der Waals surface area contributed by atoms with Crippen LogP contribution in [0.2, 0.25) is 0 Å². The Kier molecular flexibility index (Phi) is 10.6. The van der Waals surface area contributed by atoms with Crippen LogP contribution in [0.4, 0.5) is 0 Å². The first-order chi connectivity index (χ1) is 21.0. The van der Waals surface area contributed by atoms with Gasteiger partial charge in [-0.2, -0.15) is 0 Å². The molecular formula is C36H39NO7. The highest BCUT2D eigenvalue weighted by Gasteiger charge is 2.24. The average molecular weight is 598 g/mol. The van der Waals surface area contributed by atoms with Crippen LogP contribution in [-0.2, 0) is 23.1 Å². The Morgan fingerprint density at radius 1 is 0.818 bits per heavy atom. The number of ether oxygens (including phenoxy) is 2. The summed E-state index contributed by atoms with van der Waals surface area (Å²) in [7, 11) is 1.73. The number of fused-ring (bicyclic) bond motifs is 1. The van der Waals surface area contributed by atoms with Crippen LogP contribution in [0.5, 0.6) is 11.5 Å². The van der Waals surface area contributed by atoms with Gasteiger partial charge in [-0.15, -0.1) is 0 Å². The number of carbonyl (C=O) groups is 3. The number of aliphatic carboxylic acids is 2. The van der Waals surface area contributed by atoms with Crippen molar-refractivity contribution in [3.63, 3.8) is 0 Å². The first-order valence-corrected chi connectivity index (χ1v) is 14.7. The molecule has 4 aromatic rings. The lowest BCUT2D eigenvalue weighted by molar-refractivity contribution is -0.137. The SMILES string of the molecule is Cc1cc(C)c(OCCCCOc2ccc(C=Cc3cccc4c(C(=O)CCC(=O)O)c(CC(=O)O)n(C)c34)cc2)c(C)c1. The van der Waals surface area contributed by atoms with Crippen molar-refractivity contribution in [3.8, 4) is 11.5 Å². The van der Waals surface area contributed by atoms with Gasteiger partial charge in [0.15, 0.2) is 5.78 Å². The van der Waals surface area contributed by atoms with Crippen molar-refractivity contribution in [3.05, 3.63) is 93.7 Å². The van der Waals surface area contributed by atoms with Gasteiger partial charge in [-0.05, 0) is 68.0 Å². The molecule has 3 aromatic carbocycles. The summed E-state index contributed by atoms with van der Waals surface area (Å²) >= 11 is 0. The average Bonchev–Trinajstić information content (AvgIpc) is 3.25. The number of unbranched alkanes of at least 4 members (excludes halogenated alkanes) is 1. The Hall–Kier alpha value is -4.85. The van der Waals surface area contributed by atoms with Gasteiger partial charge in [0.2, 0.25) is 0 Å². The van der Waals surface area contributed by atoms with E-state index in [-0.39, 0.29) is 30.6 Å². The van der Waals surface area contributed by atoms with Gasteiger partial charge in [0.05, 0.1) is 31.6 Å². The molecule has 0 amide bonds. The normalized spacial score (nSPS) is 11.3. The van der Waals surface area contributed by atoms with E-state index in [0.29, 0.717) is 24.3 Å². The molecule has 0 spiro atoms. The third-order valence-corrected chi connectivity index (χ3v) is 7.52. The van der Waals surface area contributed by atoms with Crippen molar-refractivity contribution in [2.45, 2.75) is 52.9 Å². The first kappa shape index (κ1) is 32.1. The molecule has 4 rings (SSSR count). The maximum atomic E-state index is 13.0. The number of Topliss-reactive ketones (excluding diaryl/α,β-unsaturated/α-hetero) is 1. The van der Waals surface area contributed by atoms with E-state index in [1.54, 1.807) is 17.7 Å². The standard InChI is InChI=1S/C36H39NO7/c1-23-20-24(2)36(25(3)21-23)44-19-6-5-18-43-28-14-11-26(12-15-28)10-13-27-8-7-9-29-34(31(38)16-17-32(39)40)30(22-33(41)42)37(4)35(27)29/h7-15,20-21H,5-6,16-19,22H2,1-4H3,(H,39,40)(H,41,42). The third-order valence-electron chi connectivity index (χ3n) is 7.52. The highest BCUT2D eigenvalue weighted by molar-refractivity contribution is 6.12. The van der Waals surface area contributed by atoms with E-state index in [0.717, 1.165) is 52.1 Å². The zero-order valence-corrected chi connectivity index (χ0v) is 25.7. The Morgan fingerprint density at radius 2 is 1.48 bits per heavy atom. The summed E-state index contributed by atoms with van der Waals surface area (Å²) in [4.78, 5) is 35.7. The molecule has 1 aromatic heterocycles. The molecule has 8 heteroatoms. The van der Waals surface area contributed by atoms with E-state index >= 15 is 0 Å². The lowest BCUT2D eigenvalue weighted by Crippen LogP contribution is -2.11. The van der Waals surface area contributed by atoms with Crippen LogP contribution in [0.3, 0.4) is 0 Å². The number of carbonyl (C=O) groups excluding carboxylic acids is 1. The van der Waals surface area contributed by atoms with Crippen LogP contribution in [0, 0.1) is 20.8 Å². The highest BCUT2D eigenvalue weighted by Crippen LogP contribution is 2.31. The Balaban J connectivity index is 1.39. The minimum absolute atomic E-state index is 0.198. The molecule has 0 atom stereocenters. The monoisotopic (exact) mass is 597 g/mol. The Morgan fingerprint density at radius 3 is 2.11 bits per heavy atom. The van der Waals surface area contributed by atoms with Crippen molar-refractivity contribution in [2.75, 3.05) is 13.2 Å². The van der Waals surface area contributed by atoms with Crippen LogP contribution in [0.1, 0.15) is 69.6 Å². The summed E-state index contributed by atoms with van der Waals surface area (Å²) in [5.41, 5.74) is 6.66. The van der Waals surface area contributed by atoms with E-state index in [1.165, 1.54) is 5.56 Å². The molecule has 1 heterocycles. The van der Waals surface area contributed by atoms with Crippen LogP contribution in [0.25, 0.3) is 23.1 Å². The summed E-state index contributed by atoms with van der Waals surface area (Å²) in [5, 5.41) is 19.1. The summed E-state index contributed by atoms with van der Waals surface area (Å²) < 4.78 is 13.7. The van der Waals surface area contributed by atoms with Gasteiger partial charge in [0.25, 0.3) is 0 Å². The fraction of sp³-hybridized carbons (Fsp3) is 0.306. The van der Waals surface area contributed by atoms with E-state index in [1.807, 2.05) is 48.6 Å². The van der Waals surface area contributed by atoms with Crippen molar-refractivity contribution in [2.24, 2.45) is 7.05 Å². The molecule has 0 fully saturated rings. The first-order valence-electron chi connectivity index (χ1n) is 14.7. The van der Waals surface area contributed by atoms with Gasteiger partial charge >= 0.3 is 11.9 Å². The van der Waals surface area contributed by atoms with Gasteiger partial charge in [-0.3, -0.25) is 14.4 Å². The topological polar surface area (TPSA) is 115 Å².